The molecule has 2 rings (SSSR count). The zero-order valence-electron chi connectivity index (χ0n) is 14.0. The van der Waals surface area contributed by atoms with Crippen molar-refractivity contribution in [2.45, 2.75) is 45.7 Å². The molecule has 1 aliphatic heterocycles. The Hall–Kier alpha value is -1.43. The third kappa shape index (κ3) is 3.74. The lowest BCUT2D eigenvalue weighted by Gasteiger charge is -2.36. The van der Waals surface area contributed by atoms with Crippen LogP contribution < -0.4 is 0 Å². The molecule has 0 bridgehead atoms. The van der Waals surface area contributed by atoms with E-state index in [1.807, 2.05) is 17.7 Å². The van der Waals surface area contributed by atoms with Crippen molar-refractivity contribution < 1.29 is 8.42 Å². The fourth-order valence-electron chi connectivity index (χ4n) is 3.02. The lowest BCUT2D eigenvalue weighted by Crippen LogP contribution is -2.47. The molecular weight excluding hydrogens is 314 g/mol. The van der Waals surface area contributed by atoms with Crippen LogP contribution in [0.5, 0.6) is 0 Å². The Labute approximate surface area is 138 Å². The Balaban J connectivity index is 2.29. The number of aromatic nitrogens is 2. The van der Waals surface area contributed by atoms with Gasteiger partial charge in [-0.3, -0.25) is 0 Å². The standard InChI is InChI=1S/C15H25N5O2S/c1-4-19-10-8-17-15(19)14-7-5-6-9-20(14)23(21,22)18(3)12-13(2)11-16/h8,10,13-14H,4-7,9,12H2,1-3H3/t13-,14+/m0/s1. The molecular formula is C15H25N5O2S. The first-order chi connectivity index (χ1) is 10.9. The smallest absolute Gasteiger partial charge is 0.282 e. The maximum Gasteiger partial charge on any atom is 0.282 e. The summed E-state index contributed by atoms with van der Waals surface area (Å²) in [5.41, 5.74) is 0. The molecule has 1 aromatic heterocycles. The fraction of sp³-hybridized carbons (Fsp3) is 0.733. The van der Waals surface area contributed by atoms with Crippen LogP contribution in [0.25, 0.3) is 0 Å². The molecule has 0 amide bonds. The molecule has 0 spiro atoms. The van der Waals surface area contributed by atoms with Crippen LogP contribution in [0.1, 0.15) is 45.0 Å². The molecule has 0 radical (unpaired) electrons. The van der Waals surface area contributed by atoms with Gasteiger partial charge >= 0.3 is 0 Å². The molecule has 0 aliphatic carbocycles. The molecule has 1 aromatic rings. The summed E-state index contributed by atoms with van der Waals surface area (Å²) >= 11 is 0. The molecule has 23 heavy (non-hydrogen) atoms. The average Bonchev–Trinajstić information content (AvgIpc) is 3.03. The van der Waals surface area contributed by atoms with E-state index in [1.54, 1.807) is 24.5 Å². The zero-order chi connectivity index (χ0) is 17.0. The maximum atomic E-state index is 12.9. The van der Waals surface area contributed by atoms with Crippen LogP contribution in [0, 0.1) is 17.2 Å². The largest absolute Gasteiger partial charge is 0.334 e. The number of piperidine rings is 1. The maximum absolute atomic E-state index is 12.9. The van der Waals surface area contributed by atoms with Gasteiger partial charge in [0.05, 0.1) is 18.0 Å². The molecule has 128 valence electrons. The minimum absolute atomic E-state index is 0.199. The van der Waals surface area contributed by atoms with Gasteiger partial charge in [0.1, 0.15) is 5.82 Å². The van der Waals surface area contributed by atoms with E-state index < -0.39 is 10.2 Å². The number of imidazole rings is 1. The second-order valence-electron chi connectivity index (χ2n) is 6.01. The van der Waals surface area contributed by atoms with Gasteiger partial charge in [-0.1, -0.05) is 6.42 Å². The SMILES string of the molecule is CCn1ccnc1[C@H]1CCCCN1S(=O)(=O)N(C)C[C@@H](C)C#N. The summed E-state index contributed by atoms with van der Waals surface area (Å²) in [6, 6.07) is 1.85. The molecule has 2 atom stereocenters. The monoisotopic (exact) mass is 339 g/mol. The topological polar surface area (TPSA) is 82.2 Å². The van der Waals surface area contributed by atoms with Crippen LogP contribution >= 0.6 is 0 Å². The van der Waals surface area contributed by atoms with Gasteiger partial charge in [0.25, 0.3) is 10.2 Å². The molecule has 2 heterocycles. The van der Waals surface area contributed by atoms with Crippen molar-refractivity contribution in [2.24, 2.45) is 5.92 Å². The molecule has 0 unspecified atom stereocenters. The van der Waals surface area contributed by atoms with Crippen LogP contribution in [0.15, 0.2) is 12.4 Å². The highest BCUT2D eigenvalue weighted by Crippen LogP contribution is 2.33. The Morgan fingerprint density at radius 1 is 1.52 bits per heavy atom. The lowest BCUT2D eigenvalue weighted by molar-refractivity contribution is 0.225. The first-order valence-electron chi connectivity index (χ1n) is 8.05. The van der Waals surface area contributed by atoms with Crippen LogP contribution in [-0.4, -0.2) is 46.7 Å². The third-order valence-electron chi connectivity index (χ3n) is 4.28. The molecule has 8 heteroatoms. The molecule has 1 fully saturated rings. The minimum atomic E-state index is -3.61. The van der Waals surface area contributed by atoms with E-state index >= 15 is 0 Å². The summed E-state index contributed by atoms with van der Waals surface area (Å²) in [5.74, 6) is 0.466. The van der Waals surface area contributed by atoms with Crippen LogP contribution in [0.4, 0.5) is 0 Å². The van der Waals surface area contributed by atoms with Gasteiger partial charge in [0, 0.05) is 39.1 Å². The van der Waals surface area contributed by atoms with Crippen molar-refractivity contribution in [3.63, 3.8) is 0 Å². The molecule has 1 aliphatic rings. The van der Waals surface area contributed by atoms with E-state index in [0.717, 1.165) is 31.6 Å². The van der Waals surface area contributed by atoms with Gasteiger partial charge in [0.15, 0.2) is 0 Å². The average molecular weight is 339 g/mol. The van der Waals surface area contributed by atoms with Crippen LogP contribution in [0.2, 0.25) is 0 Å². The van der Waals surface area contributed by atoms with E-state index in [4.69, 9.17) is 5.26 Å². The quantitative estimate of drug-likeness (QED) is 0.791. The van der Waals surface area contributed by atoms with Crippen molar-refractivity contribution in [3.8, 4) is 6.07 Å². The summed E-state index contributed by atoms with van der Waals surface area (Å²) in [5, 5.41) is 8.93. The second-order valence-corrected chi connectivity index (χ2v) is 8.00. The van der Waals surface area contributed by atoms with Gasteiger partial charge in [-0.15, -0.1) is 0 Å². The van der Waals surface area contributed by atoms with E-state index in [1.165, 1.54) is 4.31 Å². The molecule has 0 N–H and O–H groups in total. The van der Waals surface area contributed by atoms with Gasteiger partial charge in [-0.25, -0.2) is 4.98 Å². The van der Waals surface area contributed by atoms with Crippen LogP contribution in [-0.2, 0) is 16.8 Å². The van der Waals surface area contributed by atoms with Gasteiger partial charge in [-0.2, -0.15) is 22.3 Å². The second kappa shape index (κ2) is 7.43. The number of aryl methyl sites for hydroxylation is 1. The highest BCUT2D eigenvalue weighted by molar-refractivity contribution is 7.86. The van der Waals surface area contributed by atoms with Crippen molar-refractivity contribution in [1.29, 1.82) is 5.26 Å². The third-order valence-corrected chi connectivity index (χ3v) is 6.25. The number of nitriles is 1. The van der Waals surface area contributed by atoms with E-state index in [0.29, 0.717) is 6.54 Å². The first-order valence-corrected chi connectivity index (χ1v) is 9.45. The predicted molar refractivity (Wildman–Crippen MR) is 87.5 cm³/mol. The fourth-order valence-corrected chi connectivity index (χ4v) is 4.68. The zero-order valence-corrected chi connectivity index (χ0v) is 14.8. The van der Waals surface area contributed by atoms with E-state index in [2.05, 4.69) is 11.1 Å². The van der Waals surface area contributed by atoms with Crippen molar-refractivity contribution in [1.82, 2.24) is 18.2 Å². The molecule has 0 aromatic carbocycles. The molecule has 0 saturated carbocycles. The van der Waals surface area contributed by atoms with Crippen LogP contribution in [0.3, 0.4) is 0 Å². The van der Waals surface area contributed by atoms with Crippen molar-refractivity contribution in [3.05, 3.63) is 18.2 Å². The Morgan fingerprint density at radius 3 is 2.91 bits per heavy atom. The van der Waals surface area contributed by atoms with Gasteiger partial charge in [-0.05, 0) is 26.7 Å². The summed E-state index contributed by atoms with van der Waals surface area (Å²) in [6.45, 7) is 5.21. The number of hydrogen-bond donors (Lipinski definition) is 0. The highest BCUT2D eigenvalue weighted by Gasteiger charge is 2.38. The predicted octanol–water partition coefficient (Wildman–Crippen LogP) is 1.77. The number of rotatable bonds is 6. The highest BCUT2D eigenvalue weighted by atomic mass is 32.2. The molecule has 7 nitrogen and oxygen atoms in total. The minimum Gasteiger partial charge on any atom is -0.334 e. The Bertz CT molecular complexity index is 664. The van der Waals surface area contributed by atoms with Gasteiger partial charge < -0.3 is 4.57 Å². The number of hydrogen-bond acceptors (Lipinski definition) is 4. The Morgan fingerprint density at radius 2 is 2.26 bits per heavy atom. The van der Waals surface area contributed by atoms with Crippen molar-refractivity contribution in [2.75, 3.05) is 20.1 Å². The summed E-state index contributed by atoms with van der Waals surface area (Å²) in [6.07, 6.45) is 6.23. The normalized spacial score (nSPS) is 21.3. The van der Waals surface area contributed by atoms with E-state index in [9.17, 15) is 8.42 Å². The number of nitrogens with zero attached hydrogens (tertiary/aromatic N) is 5. The van der Waals surface area contributed by atoms with Crippen molar-refractivity contribution >= 4 is 10.2 Å². The van der Waals surface area contributed by atoms with Gasteiger partial charge in [0.2, 0.25) is 0 Å². The summed E-state index contributed by atoms with van der Waals surface area (Å²) in [7, 11) is -2.06. The first kappa shape index (κ1) is 17.9. The summed E-state index contributed by atoms with van der Waals surface area (Å²) < 4.78 is 30.7. The Kier molecular flexibility index (Phi) is 5.79. The lowest BCUT2D eigenvalue weighted by atomic mass is 10.0. The molecule has 1 saturated heterocycles. The summed E-state index contributed by atoms with van der Waals surface area (Å²) in [4.78, 5) is 4.40. The van der Waals surface area contributed by atoms with E-state index in [-0.39, 0.29) is 18.5 Å².